The molecule has 0 saturated carbocycles. The van der Waals surface area contributed by atoms with Crippen LogP contribution in [0.15, 0.2) is 22.9 Å². The summed E-state index contributed by atoms with van der Waals surface area (Å²) < 4.78 is 0. The summed E-state index contributed by atoms with van der Waals surface area (Å²) in [5.74, 6) is 3.50. The van der Waals surface area contributed by atoms with Crippen LogP contribution in [0.4, 0.5) is 0 Å². The highest BCUT2D eigenvalue weighted by atomic mass is 32.1. The molecular weight excluding hydrogens is 110 g/mol. The highest BCUT2D eigenvalue weighted by Gasteiger charge is 1.58. The molecular formula is C4H7NOS. The van der Waals surface area contributed by atoms with Crippen molar-refractivity contribution in [2.24, 2.45) is 5.90 Å². The van der Waals surface area contributed by atoms with Crippen LogP contribution in [0, 0.1) is 0 Å². The number of nitrogens with two attached hydrogens (primary N) is 1. The molecule has 0 bridgehead atoms. The third-order valence-corrected chi connectivity index (χ3v) is 1.05. The van der Waals surface area contributed by atoms with E-state index in [9.17, 15) is 0 Å². The van der Waals surface area contributed by atoms with Crippen molar-refractivity contribution in [2.75, 3.05) is 0 Å². The maximum atomic E-state index is 6.50. The van der Waals surface area contributed by atoms with Gasteiger partial charge in [-0.3, -0.25) is 0 Å². The molecule has 1 aromatic rings. The summed E-state index contributed by atoms with van der Waals surface area (Å²) in [7, 11) is 0. The van der Waals surface area contributed by atoms with E-state index < -0.39 is 0 Å². The normalized spacial score (nSPS) is 6.57. The molecule has 0 aliphatic heterocycles. The quantitative estimate of drug-likeness (QED) is 0.499. The lowest BCUT2D eigenvalue weighted by Crippen LogP contribution is -1.72. The predicted octanol–water partition coefficient (Wildman–Crippen LogP) is 1.08. The molecule has 7 heavy (non-hydrogen) atoms. The van der Waals surface area contributed by atoms with Crippen LogP contribution in [0.2, 0.25) is 0 Å². The van der Waals surface area contributed by atoms with E-state index in [0.29, 0.717) is 0 Å². The zero-order chi connectivity index (χ0) is 5.54. The van der Waals surface area contributed by atoms with Gasteiger partial charge in [0.1, 0.15) is 0 Å². The van der Waals surface area contributed by atoms with E-state index in [1.165, 1.54) is 0 Å². The molecule has 0 aromatic carbocycles. The van der Waals surface area contributed by atoms with Crippen LogP contribution >= 0.6 is 11.3 Å². The maximum absolute atomic E-state index is 6.50. The lowest BCUT2D eigenvalue weighted by atomic mass is 10.7. The molecule has 0 unspecified atom stereocenters. The molecule has 40 valence electrons. The van der Waals surface area contributed by atoms with Gasteiger partial charge in [0.25, 0.3) is 0 Å². The molecule has 0 saturated heterocycles. The molecule has 1 rings (SSSR count). The smallest absolute Gasteiger partial charge is 0.00934 e. The Morgan fingerprint density at radius 1 is 1.14 bits per heavy atom. The van der Waals surface area contributed by atoms with E-state index in [1.807, 2.05) is 22.9 Å². The van der Waals surface area contributed by atoms with Gasteiger partial charge in [0.2, 0.25) is 0 Å². The van der Waals surface area contributed by atoms with Crippen molar-refractivity contribution in [3.05, 3.63) is 22.9 Å². The first-order valence-electron chi connectivity index (χ1n) is 1.73. The topological polar surface area (TPSA) is 46.2 Å². The molecule has 0 aliphatic carbocycles. The molecule has 3 heteroatoms. The molecule has 0 atom stereocenters. The van der Waals surface area contributed by atoms with Gasteiger partial charge in [-0.25, -0.2) is 5.90 Å². The first kappa shape index (κ1) is 6.62. The second-order valence-electron chi connectivity index (χ2n) is 0.793. The Bertz CT molecular complexity index is 68.2. The zero-order valence-corrected chi connectivity index (χ0v) is 4.56. The maximum Gasteiger partial charge on any atom is -0.00934 e. The van der Waals surface area contributed by atoms with Gasteiger partial charge >= 0.3 is 0 Å². The lowest BCUT2D eigenvalue weighted by Gasteiger charge is -1.39. The van der Waals surface area contributed by atoms with Crippen LogP contribution in [0.5, 0.6) is 0 Å². The van der Waals surface area contributed by atoms with Crippen molar-refractivity contribution in [1.29, 1.82) is 0 Å². The van der Waals surface area contributed by atoms with Gasteiger partial charge in [0.15, 0.2) is 0 Å². The molecule has 3 N–H and O–H groups in total. The minimum absolute atomic E-state index is 1.71. The summed E-state index contributed by atoms with van der Waals surface area (Å²) >= 11 is 1.71. The fourth-order valence-corrected chi connectivity index (χ4v) is 0.680. The predicted molar refractivity (Wildman–Crippen MR) is 30.3 cm³/mol. The Balaban J connectivity index is 0.000000162. The standard InChI is InChI=1S/C4H4S.H3NO/c1-2-4-5-3-1;1-2/h1-4H;2H,1H2. The SMILES string of the molecule is NO.c1ccsc1. The average Bonchev–Trinajstić information content (AvgIpc) is 2.23. The molecule has 1 aromatic heterocycles. The van der Waals surface area contributed by atoms with E-state index in [0.717, 1.165) is 0 Å². The van der Waals surface area contributed by atoms with Crippen LogP contribution < -0.4 is 5.90 Å². The van der Waals surface area contributed by atoms with E-state index in [2.05, 4.69) is 5.90 Å². The van der Waals surface area contributed by atoms with Crippen molar-refractivity contribution in [3.8, 4) is 0 Å². The van der Waals surface area contributed by atoms with E-state index in [-0.39, 0.29) is 0 Å². The Hall–Kier alpha value is -0.380. The molecule has 0 fully saturated rings. The van der Waals surface area contributed by atoms with Gasteiger partial charge in [-0.2, -0.15) is 11.3 Å². The number of rotatable bonds is 0. The van der Waals surface area contributed by atoms with Crippen molar-refractivity contribution in [1.82, 2.24) is 0 Å². The summed E-state index contributed by atoms with van der Waals surface area (Å²) in [4.78, 5) is 0. The summed E-state index contributed by atoms with van der Waals surface area (Å²) in [6, 6.07) is 4.04. The van der Waals surface area contributed by atoms with Crippen LogP contribution in [0.3, 0.4) is 0 Å². The minimum Gasteiger partial charge on any atom is -0.320 e. The third-order valence-electron chi connectivity index (χ3n) is 0.425. The fourth-order valence-electron chi connectivity index (χ4n) is 0.227. The molecule has 0 amide bonds. The highest BCUT2D eigenvalue weighted by Crippen LogP contribution is 1.91. The number of thiophene rings is 1. The third kappa shape index (κ3) is 3.45. The van der Waals surface area contributed by atoms with Crippen LogP contribution in [0.1, 0.15) is 0 Å². The molecule has 0 aliphatic rings. The lowest BCUT2D eigenvalue weighted by molar-refractivity contribution is 0.311. The van der Waals surface area contributed by atoms with Crippen LogP contribution in [-0.4, -0.2) is 5.21 Å². The van der Waals surface area contributed by atoms with Crippen LogP contribution in [0.25, 0.3) is 0 Å². The van der Waals surface area contributed by atoms with Crippen molar-refractivity contribution < 1.29 is 5.21 Å². The largest absolute Gasteiger partial charge is 0.320 e. The Morgan fingerprint density at radius 2 is 1.57 bits per heavy atom. The van der Waals surface area contributed by atoms with E-state index in [4.69, 9.17) is 5.21 Å². The van der Waals surface area contributed by atoms with Gasteiger partial charge in [0, 0.05) is 0 Å². The summed E-state index contributed by atoms with van der Waals surface area (Å²) in [6.07, 6.45) is 0. The van der Waals surface area contributed by atoms with Gasteiger partial charge in [0.05, 0.1) is 0 Å². The van der Waals surface area contributed by atoms with Gasteiger partial charge in [-0.15, -0.1) is 0 Å². The molecule has 2 nitrogen and oxygen atoms in total. The van der Waals surface area contributed by atoms with E-state index >= 15 is 0 Å². The van der Waals surface area contributed by atoms with Crippen LogP contribution in [-0.2, 0) is 0 Å². The average molecular weight is 117 g/mol. The van der Waals surface area contributed by atoms with Gasteiger partial charge in [-0.1, -0.05) is 12.1 Å². The van der Waals surface area contributed by atoms with Crippen molar-refractivity contribution in [3.63, 3.8) is 0 Å². The zero-order valence-electron chi connectivity index (χ0n) is 3.74. The Kier molecular flexibility index (Phi) is 5.31. The monoisotopic (exact) mass is 117 g/mol. The second kappa shape index (κ2) is 5.62. The van der Waals surface area contributed by atoms with Gasteiger partial charge in [-0.05, 0) is 10.8 Å². The van der Waals surface area contributed by atoms with Gasteiger partial charge < -0.3 is 5.21 Å². The number of hydrogen-bond acceptors (Lipinski definition) is 3. The highest BCUT2D eigenvalue weighted by molar-refractivity contribution is 7.07. The number of hydrogen-bond donors (Lipinski definition) is 2. The first-order chi connectivity index (χ1) is 3.50. The molecule has 0 spiro atoms. The first-order valence-corrected chi connectivity index (χ1v) is 2.67. The Labute approximate surface area is 46.2 Å². The second-order valence-corrected chi connectivity index (χ2v) is 1.61. The summed E-state index contributed by atoms with van der Waals surface area (Å²) in [5.41, 5.74) is 0. The summed E-state index contributed by atoms with van der Waals surface area (Å²) in [5, 5.41) is 10.6. The Morgan fingerprint density at radius 3 is 1.71 bits per heavy atom. The molecule has 0 radical (unpaired) electrons. The fraction of sp³-hybridized carbons (Fsp3) is 0. The minimum atomic E-state index is 1.71. The molecule has 1 heterocycles. The van der Waals surface area contributed by atoms with E-state index in [1.54, 1.807) is 11.3 Å². The summed E-state index contributed by atoms with van der Waals surface area (Å²) in [6.45, 7) is 0. The van der Waals surface area contributed by atoms with Crippen molar-refractivity contribution in [2.45, 2.75) is 0 Å². The van der Waals surface area contributed by atoms with Crippen molar-refractivity contribution >= 4 is 11.3 Å².